The second kappa shape index (κ2) is 7.19. The van der Waals surface area contributed by atoms with Crippen LogP contribution in [0.1, 0.15) is 12.0 Å². The summed E-state index contributed by atoms with van der Waals surface area (Å²) >= 11 is 0. The summed E-state index contributed by atoms with van der Waals surface area (Å²) in [6.45, 7) is 0.341. The van der Waals surface area contributed by atoms with E-state index in [1.807, 2.05) is 30.3 Å². The minimum absolute atomic E-state index is 0.125. The van der Waals surface area contributed by atoms with Gasteiger partial charge in [0.1, 0.15) is 5.92 Å². The molecule has 0 saturated carbocycles. The monoisotopic (exact) mass is 292 g/mol. The van der Waals surface area contributed by atoms with E-state index in [-0.39, 0.29) is 19.1 Å². The van der Waals surface area contributed by atoms with Crippen LogP contribution in [0.2, 0.25) is 0 Å². The van der Waals surface area contributed by atoms with Crippen molar-refractivity contribution in [3.63, 3.8) is 0 Å². The summed E-state index contributed by atoms with van der Waals surface area (Å²) in [5.74, 6) is -1.99. The van der Waals surface area contributed by atoms with Gasteiger partial charge in [-0.15, -0.1) is 0 Å². The Hall–Kier alpha value is -1.92. The Bertz CT molecular complexity index is 492. The Kier molecular flexibility index (Phi) is 5.30. The SMILES string of the molecule is N[C@@H](CCc1ccccc1)C(=O)NC1COCC1C(=O)O. The molecule has 0 bridgehead atoms. The predicted molar refractivity (Wildman–Crippen MR) is 76.6 cm³/mol. The Morgan fingerprint density at radius 1 is 1.33 bits per heavy atom. The van der Waals surface area contributed by atoms with Crippen LogP contribution in [0, 0.1) is 5.92 Å². The van der Waals surface area contributed by atoms with Gasteiger partial charge >= 0.3 is 5.97 Å². The summed E-state index contributed by atoms with van der Waals surface area (Å²) in [6.07, 6.45) is 1.22. The fourth-order valence-electron chi connectivity index (χ4n) is 2.33. The predicted octanol–water partition coefficient (Wildman–Crippen LogP) is 0.162. The first kappa shape index (κ1) is 15.5. The second-order valence-electron chi connectivity index (χ2n) is 5.23. The molecule has 3 atom stereocenters. The lowest BCUT2D eigenvalue weighted by Crippen LogP contribution is -2.49. The van der Waals surface area contributed by atoms with Gasteiger partial charge in [0.05, 0.1) is 25.3 Å². The number of aryl methyl sites for hydroxylation is 1. The molecule has 0 spiro atoms. The van der Waals surface area contributed by atoms with Crippen molar-refractivity contribution in [1.29, 1.82) is 0 Å². The van der Waals surface area contributed by atoms with Crippen LogP contribution in [-0.2, 0) is 20.7 Å². The van der Waals surface area contributed by atoms with Gasteiger partial charge < -0.3 is 20.9 Å². The maximum atomic E-state index is 12.0. The van der Waals surface area contributed by atoms with Gasteiger partial charge in [0, 0.05) is 0 Å². The van der Waals surface area contributed by atoms with Crippen molar-refractivity contribution in [3.8, 4) is 0 Å². The number of ether oxygens (including phenoxy) is 1. The van der Waals surface area contributed by atoms with Gasteiger partial charge in [-0.3, -0.25) is 9.59 Å². The molecule has 0 radical (unpaired) electrons. The van der Waals surface area contributed by atoms with Gasteiger partial charge in [0.2, 0.25) is 5.91 Å². The Labute approximate surface area is 123 Å². The third kappa shape index (κ3) is 4.27. The third-order valence-electron chi connectivity index (χ3n) is 3.65. The van der Waals surface area contributed by atoms with E-state index in [0.717, 1.165) is 5.56 Å². The van der Waals surface area contributed by atoms with E-state index >= 15 is 0 Å². The highest BCUT2D eigenvalue weighted by Gasteiger charge is 2.35. The smallest absolute Gasteiger partial charge is 0.311 e. The molecule has 21 heavy (non-hydrogen) atoms. The molecule has 1 aromatic carbocycles. The zero-order valence-corrected chi connectivity index (χ0v) is 11.7. The number of carbonyl (C=O) groups is 2. The van der Waals surface area contributed by atoms with Crippen LogP contribution in [0.15, 0.2) is 30.3 Å². The molecule has 0 aliphatic carbocycles. The molecule has 1 saturated heterocycles. The van der Waals surface area contributed by atoms with Gasteiger partial charge in [0.25, 0.3) is 0 Å². The van der Waals surface area contributed by atoms with E-state index < -0.39 is 24.0 Å². The van der Waals surface area contributed by atoms with Crippen molar-refractivity contribution < 1.29 is 19.4 Å². The number of carboxylic acids is 1. The summed E-state index contributed by atoms with van der Waals surface area (Å²) < 4.78 is 5.10. The lowest BCUT2D eigenvalue weighted by Gasteiger charge is -2.18. The fraction of sp³-hybridized carbons (Fsp3) is 0.467. The van der Waals surface area contributed by atoms with Crippen LogP contribution in [0.25, 0.3) is 0 Å². The van der Waals surface area contributed by atoms with Crippen molar-refractivity contribution in [2.45, 2.75) is 24.9 Å². The van der Waals surface area contributed by atoms with E-state index in [4.69, 9.17) is 15.6 Å². The topological polar surface area (TPSA) is 102 Å². The number of nitrogens with one attached hydrogen (secondary N) is 1. The standard InChI is InChI=1S/C15H20N2O4/c16-12(7-6-10-4-2-1-3-5-10)14(18)17-13-9-21-8-11(13)15(19)20/h1-5,11-13H,6-9,16H2,(H,17,18)(H,19,20)/t11?,12-,13?/m0/s1. The Morgan fingerprint density at radius 2 is 2.05 bits per heavy atom. The fourth-order valence-corrected chi connectivity index (χ4v) is 2.33. The van der Waals surface area contributed by atoms with Crippen molar-refractivity contribution in [2.24, 2.45) is 11.7 Å². The number of hydrogen-bond acceptors (Lipinski definition) is 4. The Morgan fingerprint density at radius 3 is 2.71 bits per heavy atom. The number of hydrogen-bond donors (Lipinski definition) is 3. The highest BCUT2D eigenvalue weighted by atomic mass is 16.5. The largest absolute Gasteiger partial charge is 0.481 e. The summed E-state index contributed by atoms with van der Waals surface area (Å²) in [4.78, 5) is 23.0. The molecule has 6 heteroatoms. The van der Waals surface area contributed by atoms with Crippen LogP contribution in [0.5, 0.6) is 0 Å². The summed E-state index contributed by atoms with van der Waals surface area (Å²) in [5.41, 5.74) is 6.98. The number of amides is 1. The number of aliphatic carboxylic acids is 1. The van der Waals surface area contributed by atoms with Crippen LogP contribution >= 0.6 is 0 Å². The molecule has 0 aromatic heterocycles. The molecule has 1 amide bonds. The zero-order chi connectivity index (χ0) is 15.2. The van der Waals surface area contributed by atoms with Crippen LogP contribution < -0.4 is 11.1 Å². The van der Waals surface area contributed by atoms with Gasteiger partial charge in [-0.1, -0.05) is 30.3 Å². The highest BCUT2D eigenvalue weighted by molar-refractivity contribution is 5.82. The molecule has 1 fully saturated rings. The number of nitrogens with two attached hydrogens (primary N) is 1. The molecule has 1 aliphatic heterocycles. The molecule has 6 nitrogen and oxygen atoms in total. The van der Waals surface area contributed by atoms with Crippen molar-refractivity contribution in [3.05, 3.63) is 35.9 Å². The molecule has 2 rings (SSSR count). The minimum Gasteiger partial charge on any atom is -0.481 e. The van der Waals surface area contributed by atoms with Gasteiger partial charge in [-0.25, -0.2) is 0 Å². The van der Waals surface area contributed by atoms with E-state index in [9.17, 15) is 9.59 Å². The molecule has 1 aromatic rings. The van der Waals surface area contributed by atoms with E-state index in [2.05, 4.69) is 5.32 Å². The summed E-state index contributed by atoms with van der Waals surface area (Å²) in [7, 11) is 0. The lowest BCUT2D eigenvalue weighted by molar-refractivity contribution is -0.142. The molecule has 2 unspecified atom stereocenters. The molecule has 1 heterocycles. The third-order valence-corrected chi connectivity index (χ3v) is 3.65. The highest BCUT2D eigenvalue weighted by Crippen LogP contribution is 2.14. The number of rotatable bonds is 6. The lowest BCUT2D eigenvalue weighted by atomic mass is 10.0. The summed E-state index contributed by atoms with van der Waals surface area (Å²) in [6, 6.07) is 8.62. The van der Waals surface area contributed by atoms with Crippen LogP contribution in [0.3, 0.4) is 0 Å². The van der Waals surface area contributed by atoms with E-state index in [1.54, 1.807) is 0 Å². The molecule has 114 valence electrons. The number of carbonyl (C=O) groups excluding carboxylic acids is 1. The maximum absolute atomic E-state index is 12.0. The molecular weight excluding hydrogens is 272 g/mol. The quantitative estimate of drug-likeness (QED) is 0.693. The van der Waals surface area contributed by atoms with Crippen molar-refractivity contribution >= 4 is 11.9 Å². The normalized spacial score (nSPS) is 22.7. The first-order chi connectivity index (χ1) is 10.1. The van der Waals surface area contributed by atoms with Crippen molar-refractivity contribution in [1.82, 2.24) is 5.32 Å². The van der Waals surface area contributed by atoms with Crippen molar-refractivity contribution in [2.75, 3.05) is 13.2 Å². The van der Waals surface area contributed by atoms with Gasteiger partial charge in [-0.2, -0.15) is 0 Å². The summed E-state index contributed by atoms with van der Waals surface area (Å²) in [5, 5.41) is 11.7. The number of benzene rings is 1. The maximum Gasteiger partial charge on any atom is 0.311 e. The second-order valence-corrected chi connectivity index (χ2v) is 5.23. The molecule has 4 N–H and O–H groups in total. The first-order valence-corrected chi connectivity index (χ1v) is 6.98. The minimum atomic E-state index is -0.962. The van der Waals surface area contributed by atoms with Gasteiger partial charge in [-0.05, 0) is 18.4 Å². The molecular formula is C15H20N2O4. The zero-order valence-electron chi connectivity index (χ0n) is 11.7. The van der Waals surface area contributed by atoms with E-state index in [0.29, 0.717) is 12.8 Å². The number of carboxylic acid groups (broad SMARTS) is 1. The van der Waals surface area contributed by atoms with E-state index in [1.165, 1.54) is 0 Å². The first-order valence-electron chi connectivity index (χ1n) is 6.98. The Balaban J connectivity index is 1.81. The average molecular weight is 292 g/mol. The average Bonchev–Trinajstić information content (AvgIpc) is 2.94. The van der Waals surface area contributed by atoms with Crippen LogP contribution in [-0.4, -0.2) is 42.3 Å². The van der Waals surface area contributed by atoms with Gasteiger partial charge in [0.15, 0.2) is 0 Å². The molecule has 1 aliphatic rings. The van der Waals surface area contributed by atoms with Crippen LogP contribution in [0.4, 0.5) is 0 Å².